The standard InChI is InChI=1S/C6H5NO3/c8-3-4-2-7-6(10)1-5(4)9/h1-3H,(H2,7,9,10). The lowest BCUT2D eigenvalue weighted by atomic mass is 10.3. The minimum absolute atomic E-state index is 0.0674. The Balaban J connectivity index is 3.19. The first-order valence-electron chi connectivity index (χ1n) is 2.57. The maximum Gasteiger partial charge on any atom is 0.214 e. The molecule has 0 saturated heterocycles. The van der Waals surface area contributed by atoms with Crippen molar-refractivity contribution in [3.8, 4) is 11.6 Å². The molecule has 0 aliphatic rings. The second-order valence-electron chi connectivity index (χ2n) is 1.72. The van der Waals surface area contributed by atoms with Crippen LogP contribution in [0.15, 0.2) is 12.3 Å². The molecule has 4 heteroatoms. The fourth-order valence-electron chi connectivity index (χ4n) is 0.536. The molecule has 1 rings (SSSR count). The van der Waals surface area contributed by atoms with Gasteiger partial charge in [0, 0.05) is 12.3 Å². The molecule has 0 unspecified atom stereocenters. The summed E-state index contributed by atoms with van der Waals surface area (Å²) in [5.74, 6) is -0.564. The van der Waals surface area contributed by atoms with E-state index in [4.69, 9.17) is 10.2 Å². The van der Waals surface area contributed by atoms with E-state index >= 15 is 0 Å². The lowest BCUT2D eigenvalue weighted by molar-refractivity contribution is 0.112. The molecule has 0 saturated carbocycles. The molecule has 2 N–H and O–H groups in total. The molecule has 1 aromatic heterocycles. The van der Waals surface area contributed by atoms with Crippen molar-refractivity contribution in [2.45, 2.75) is 0 Å². The molecular formula is C6H5NO3. The molecule has 52 valence electrons. The molecule has 1 aromatic rings. The van der Waals surface area contributed by atoms with Crippen LogP contribution in [0.1, 0.15) is 10.4 Å². The molecule has 0 atom stereocenters. The van der Waals surface area contributed by atoms with E-state index in [2.05, 4.69) is 4.98 Å². The molecule has 0 spiro atoms. The fraction of sp³-hybridized carbons (Fsp3) is 0. The third kappa shape index (κ3) is 1.05. The van der Waals surface area contributed by atoms with Gasteiger partial charge < -0.3 is 10.2 Å². The van der Waals surface area contributed by atoms with Crippen LogP contribution in [0.2, 0.25) is 0 Å². The van der Waals surface area contributed by atoms with Gasteiger partial charge in [0.25, 0.3) is 0 Å². The van der Waals surface area contributed by atoms with Gasteiger partial charge in [0.2, 0.25) is 5.88 Å². The summed E-state index contributed by atoms with van der Waals surface area (Å²) in [4.78, 5) is 13.4. The highest BCUT2D eigenvalue weighted by atomic mass is 16.3. The number of aromatic hydroxyl groups is 2. The number of hydrogen-bond donors (Lipinski definition) is 2. The molecule has 0 bridgehead atoms. The van der Waals surface area contributed by atoms with E-state index in [1.165, 1.54) is 0 Å². The SMILES string of the molecule is O=Cc1cnc(O)cc1O. The predicted octanol–water partition coefficient (Wildman–Crippen LogP) is 0.305. The second-order valence-corrected chi connectivity index (χ2v) is 1.72. The van der Waals surface area contributed by atoms with Crippen LogP contribution in [0.3, 0.4) is 0 Å². The van der Waals surface area contributed by atoms with Crippen molar-refractivity contribution in [1.29, 1.82) is 0 Å². The Kier molecular flexibility index (Phi) is 1.53. The van der Waals surface area contributed by atoms with E-state index in [9.17, 15) is 4.79 Å². The highest BCUT2D eigenvalue weighted by Gasteiger charge is 1.99. The Morgan fingerprint density at radius 1 is 1.50 bits per heavy atom. The summed E-state index contributed by atoms with van der Waals surface area (Å²) in [5.41, 5.74) is 0.0674. The average molecular weight is 139 g/mol. The van der Waals surface area contributed by atoms with Gasteiger partial charge in [-0.05, 0) is 0 Å². The number of carbonyl (C=O) groups excluding carboxylic acids is 1. The fourth-order valence-corrected chi connectivity index (χ4v) is 0.536. The minimum atomic E-state index is -0.303. The van der Waals surface area contributed by atoms with Gasteiger partial charge in [-0.15, -0.1) is 0 Å². The Morgan fingerprint density at radius 3 is 2.70 bits per heavy atom. The number of pyridine rings is 1. The van der Waals surface area contributed by atoms with Crippen molar-refractivity contribution in [2.75, 3.05) is 0 Å². The van der Waals surface area contributed by atoms with Crippen LogP contribution in [0.5, 0.6) is 11.6 Å². The van der Waals surface area contributed by atoms with E-state index in [0.717, 1.165) is 12.3 Å². The quantitative estimate of drug-likeness (QED) is 0.549. The first-order valence-corrected chi connectivity index (χ1v) is 2.57. The molecule has 4 nitrogen and oxygen atoms in total. The molecule has 0 radical (unpaired) electrons. The summed E-state index contributed by atoms with van der Waals surface area (Å²) >= 11 is 0. The number of rotatable bonds is 1. The Morgan fingerprint density at radius 2 is 2.20 bits per heavy atom. The third-order valence-electron chi connectivity index (χ3n) is 1.02. The number of aromatic nitrogens is 1. The van der Waals surface area contributed by atoms with Gasteiger partial charge >= 0.3 is 0 Å². The normalized spacial score (nSPS) is 9.20. The zero-order valence-electron chi connectivity index (χ0n) is 4.98. The van der Waals surface area contributed by atoms with Crippen molar-refractivity contribution in [2.24, 2.45) is 0 Å². The van der Waals surface area contributed by atoms with Crippen molar-refractivity contribution in [1.82, 2.24) is 4.98 Å². The number of aldehydes is 1. The predicted molar refractivity (Wildman–Crippen MR) is 33.0 cm³/mol. The maximum atomic E-state index is 10.1. The van der Waals surface area contributed by atoms with Crippen molar-refractivity contribution >= 4 is 6.29 Å². The van der Waals surface area contributed by atoms with E-state index in [-0.39, 0.29) is 17.2 Å². The number of nitrogens with zero attached hydrogens (tertiary/aromatic N) is 1. The van der Waals surface area contributed by atoms with Crippen LogP contribution in [-0.4, -0.2) is 21.5 Å². The average Bonchev–Trinajstić information content (AvgIpc) is 1.88. The van der Waals surface area contributed by atoms with E-state index in [1.807, 2.05) is 0 Å². The molecule has 0 amide bonds. The van der Waals surface area contributed by atoms with Crippen LogP contribution >= 0.6 is 0 Å². The molecule has 0 aliphatic carbocycles. The topological polar surface area (TPSA) is 70.4 Å². The Hall–Kier alpha value is -1.58. The van der Waals surface area contributed by atoms with Gasteiger partial charge in [0.1, 0.15) is 5.75 Å². The molecule has 0 fully saturated rings. The van der Waals surface area contributed by atoms with Crippen LogP contribution in [0, 0.1) is 0 Å². The largest absolute Gasteiger partial charge is 0.507 e. The van der Waals surface area contributed by atoms with Crippen molar-refractivity contribution < 1.29 is 15.0 Å². The van der Waals surface area contributed by atoms with Crippen LogP contribution in [-0.2, 0) is 0 Å². The first-order chi connectivity index (χ1) is 4.74. The molecule has 0 aromatic carbocycles. The summed E-state index contributed by atoms with van der Waals surface area (Å²) in [5, 5.41) is 17.5. The summed E-state index contributed by atoms with van der Waals surface area (Å²) < 4.78 is 0. The second kappa shape index (κ2) is 2.34. The van der Waals surface area contributed by atoms with Gasteiger partial charge in [-0.3, -0.25) is 4.79 Å². The third-order valence-corrected chi connectivity index (χ3v) is 1.02. The van der Waals surface area contributed by atoms with E-state index in [0.29, 0.717) is 6.29 Å². The number of carbonyl (C=O) groups is 1. The molecule has 10 heavy (non-hydrogen) atoms. The highest BCUT2D eigenvalue weighted by molar-refractivity contribution is 5.78. The van der Waals surface area contributed by atoms with Gasteiger partial charge in [0.05, 0.1) is 5.56 Å². The smallest absolute Gasteiger partial charge is 0.214 e. The van der Waals surface area contributed by atoms with Gasteiger partial charge in [-0.2, -0.15) is 0 Å². The summed E-state index contributed by atoms with van der Waals surface area (Å²) in [6.07, 6.45) is 1.56. The number of hydrogen-bond acceptors (Lipinski definition) is 4. The van der Waals surface area contributed by atoms with Gasteiger partial charge in [-0.1, -0.05) is 0 Å². The monoisotopic (exact) mass is 139 g/mol. The van der Waals surface area contributed by atoms with Crippen LogP contribution < -0.4 is 0 Å². The summed E-state index contributed by atoms with van der Waals surface area (Å²) in [6, 6.07) is 1.00. The zero-order valence-corrected chi connectivity index (χ0v) is 4.98. The summed E-state index contributed by atoms with van der Waals surface area (Å²) in [7, 11) is 0. The molecule has 1 heterocycles. The van der Waals surface area contributed by atoms with Crippen LogP contribution in [0.4, 0.5) is 0 Å². The van der Waals surface area contributed by atoms with Crippen molar-refractivity contribution in [3.63, 3.8) is 0 Å². The molecular weight excluding hydrogens is 134 g/mol. The van der Waals surface area contributed by atoms with Crippen LogP contribution in [0.25, 0.3) is 0 Å². The lowest BCUT2D eigenvalue weighted by Gasteiger charge is -1.94. The molecule has 0 aliphatic heterocycles. The first kappa shape index (κ1) is 6.54. The Labute approximate surface area is 56.8 Å². The lowest BCUT2D eigenvalue weighted by Crippen LogP contribution is -1.82. The van der Waals surface area contributed by atoms with Crippen molar-refractivity contribution in [3.05, 3.63) is 17.8 Å². The Bertz CT molecular complexity index is 259. The summed E-state index contributed by atoms with van der Waals surface area (Å²) in [6.45, 7) is 0. The van der Waals surface area contributed by atoms with E-state index < -0.39 is 0 Å². The maximum absolute atomic E-state index is 10.1. The minimum Gasteiger partial charge on any atom is -0.507 e. The van der Waals surface area contributed by atoms with Gasteiger partial charge in [0.15, 0.2) is 6.29 Å². The van der Waals surface area contributed by atoms with Gasteiger partial charge in [-0.25, -0.2) is 4.98 Å². The van der Waals surface area contributed by atoms with E-state index in [1.54, 1.807) is 0 Å². The highest BCUT2D eigenvalue weighted by Crippen LogP contribution is 2.17. The zero-order chi connectivity index (χ0) is 7.56.